The summed E-state index contributed by atoms with van der Waals surface area (Å²) in [6, 6.07) is 7.48. The maximum Gasteiger partial charge on any atom is 0.416 e. The summed E-state index contributed by atoms with van der Waals surface area (Å²) in [7, 11) is 3.59. The zero-order valence-corrected chi connectivity index (χ0v) is 25.1. The predicted molar refractivity (Wildman–Crippen MR) is 139 cm³/mol. The first-order valence-electron chi connectivity index (χ1n) is 11.9. The highest BCUT2D eigenvalue weighted by Gasteiger charge is 2.45. The summed E-state index contributed by atoms with van der Waals surface area (Å²) in [5.41, 5.74) is 1.30. The van der Waals surface area contributed by atoms with E-state index in [9.17, 15) is 26.3 Å². The molecule has 0 radical (unpaired) electrons. The largest absolute Gasteiger partial charge is 1.00 e. The third kappa shape index (κ3) is 5.53. The van der Waals surface area contributed by atoms with E-state index in [0.717, 1.165) is 23.5 Å². The Morgan fingerprint density at radius 3 is 1.97 bits per heavy atom. The van der Waals surface area contributed by atoms with Crippen molar-refractivity contribution in [1.82, 2.24) is 0 Å². The van der Waals surface area contributed by atoms with Gasteiger partial charge in [-0.1, -0.05) is 25.4 Å². The first-order valence-corrected chi connectivity index (χ1v) is 12.3. The standard InChI is InChI=1S/C29H28ClF6N2.HI/c1-26(2)20-15-17(28(31,32)33)7-11-22(20)37(5)24(26)13-9-19(30)10-14-25-27(3,4)21-16-18(29(34,35)36)8-12-23(21)38(25)6;/h7-16H,1-6H3;1H/q+1;/p-1. The number of fused-ring (bicyclic) bond motifs is 2. The summed E-state index contributed by atoms with van der Waals surface area (Å²) in [5.74, 6) is 0. The van der Waals surface area contributed by atoms with Crippen LogP contribution in [0.25, 0.3) is 0 Å². The minimum Gasteiger partial charge on any atom is -1.00 e. The van der Waals surface area contributed by atoms with Crippen molar-refractivity contribution in [3.63, 3.8) is 0 Å². The molecule has 2 aliphatic heterocycles. The molecule has 10 heteroatoms. The Balaban J connectivity index is 0.00000420. The van der Waals surface area contributed by atoms with E-state index in [1.54, 1.807) is 38.4 Å². The zero-order valence-electron chi connectivity index (χ0n) is 22.2. The SMILES string of the molecule is CN1/C(=C/C=C(Cl)/C=C/C2=[N+](C)c3ccc(C(F)(F)F)cc3C2(C)C)C(C)(C)c2cc(C(F)(F)F)ccc21.[I-]. The van der Waals surface area contributed by atoms with Crippen molar-refractivity contribution in [1.29, 1.82) is 0 Å². The Morgan fingerprint density at radius 2 is 1.41 bits per heavy atom. The van der Waals surface area contributed by atoms with E-state index < -0.39 is 34.3 Å². The normalized spacial score (nSPS) is 19.6. The van der Waals surface area contributed by atoms with Crippen LogP contribution < -0.4 is 28.9 Å². The molecule has 0 bridgehead atoms. The minimum absolute atomic E-state index is 0. The third-order valence-electron chi connectivity index (χ3n) is 7.52. The molecular weight excluding hydrogens is 653 g/mol. The molecule has 2 aromatic rings. The van der Waals surface area contributed by atoms with Crippen molar-refractivity contribution < 1.29 is 54.9 Å². The van der Waals surface area contributed by atoms with Crippen molar-refractivity contribution in [3.05, 3.63) is 93.7 Å². The van der Waals surface area contributed by atoms with Gasteiger partial charge in [0.15, 0.2) is 5.71 Å². The van der Waals surface area contributed by atoms with Gasteiger partial charge in [0.25, 0.3) is 0 Å². The molecule has 2 aromatic carbocycles. The number of nitrogens with zero attached hydrogens (tertiary/aromatic N) is 2. The lowest BCUT2D eigenvalue weighted by molar-refractivity contribution is -0.401. The smallest absolute Gasteiger partial charge is 0.416 e. The molecule has 0 amide bonds. The van der Waals surface area contributed by atoms with Gasteiger partial charge in [0.2, 0.25) is 5.69 Å². The van der Waals surface area contributed by atoms with Crippen LogP contribution in [0.1, 0.15) is 49.9 Å². The molecule has 39 heavy (non-hydrogen) atoms. The molecule has 4 rings (SSSR count). The van der Waals surface area contributed by atoms with Gasteiger partial charge in [0, 0.05) is 46.6 Å². The number of anilines is 1. The number of allylic oxidation sites excluding steroid dienone is 6. The van der Waals surface area contributed by atoms with Crippen molar-refractivity contribution in [2.45, 2.75) is 50.9 Å². The second-order valence-corrected chi connectivity index (χ2v) is 11.1. The predicted octanol–water partition coefficient (Wildman–Crippen LogP) is 5.72. The van der Waals surface area contributed by atoms with Gasteiger partial charge < -0.3 is 28.9 Å². The second-order valence-electron chi connectivity index (χ2n) is 10.6. The van der Waals surface area contributed by atoms with Crippen molar-refractivity contribution in [2.24, 2.45) is 0 Å². The zero-order chi connectivity index (χ0) is 28.4. The van der Waals surface area contributed by atoms with Crippen molar-refractivity contribution in [3.8, 4) is 0 Å². The first-order chi connectivity index (χ1) is 17.4. The molecular formula is C29H28ClF6IN2. The molecule has 2 nitrogen and oxygen atoms in total. The summed E-state index contributed by atoms with van der Waals surface area (Å²) in [6.45, 7) is 7.43. The topological polar surface area (TPSA) is 6.25 Å². The number of hydrogen-bond donors (Lipinski definition) is 0. The molecule has 0 saturated carbocycles. The third-order valence-corrected chi connectivity index (χ3v) is 7.77. The molecule has 2 heterocycles. The van der Waals surface area contributed by atoms with E-state index in [-0.39, 0.29) is 24.0 Å². The highest BCUT2D eigenvalue weighted by Crippen LogP contribution is 2.49. The Morgan fingerprint density at radius 1 is 0.872 bits per heavy atom. The fourth-order valence-corrected chi connectivity index (χ4v) is 5.52. The number of alkyl halides is 6. The Labute approximate surface area is 246 Å². The molecule has 2 aliphatic rings. The fraction of sp³-hybridized carbons (Fsp3) is 0.345. The molecule has 0 unspecified atom stereocenters. The van der Waals surface area contributed by atoms with Crippen LogP contribution in [0.4, 0.5) is 37.7 Å². The molecule has 0 atom stereocenters. The lowest BCUT2D eigenvalue weighted by Crippen LogP contribution is -3.00. The lowest BCUT2D eigenvalue weighted by atomic mass is 9.80. The van der Waals surface area contributed by atoms with E-state index in [1.807, 2.05) is 37.2 Å². The fourth-order valence-electron chi connectivity index (χ4n) is 5.40. The van der Waals surface area contributed by atoms with Crippen LogP contribution >= 0.6 is 11.6 Å². The van der Waals surface area contributed by atoms with Gasteiger partial charge in [-0.05, 0) is 68.0 Å². The first kappa shape index (κ1) is 31.3. The number of benzene rings is 2. The minimum atomic E-state index is -4.43. The van der Waals surface area contributed by atoms with Gasteiger partial charge in [-0.15, -0.1) is 0 Å². The van der Waals surface area contributed by atoms with Gasteiger partial charge in [-0.3, -0.25) is 0 Å². The number of halogens is 8. The summed E-state index contributed by atoms with van der Waals surface area (Å²) in [5, 5.41) is 0.359. The number of likely N-dealkylation sites (N-methyl/N-ethyl adjacent to an activating group) is 1. The van der Waals surface area contributed by atoms with E-state index in [1.165, 1.54) is 24.3 Å². The molecule has 0 N–H and O–H groups in total. The van der Waals surface area contributed by atoms with Crippen LogP contribution in [-0.4, -0.2) is 24.4 Å². The van der Waals surface area contributed by atoms with Crippen molar-refractivity contribution in [2.75, 3.05) is 19.0 Å². The quantitative estimate of drug-likeness (QED) is 0.174. The Kier molecular flexibility index (Phi) is 8.24. The second kappa shape index (κ2) is 10.3. The average molecular weight is 681 g/mol. The lowest BCUT2D eigenvalue weighted by Gasteiger charge is -2.24. The molecule has 0 fully saturated rings. The molecule has 0 spiro atoms. The monoisotopic (exact) mass is 680 g/mol. The van der Waals surface area contributed by atoms with Gasteiger partial charge in [-0.25, -0.2) is 0 Å². The van der Waals surface area contributed by atoms with Crippen LogP contribution in [0.3, 0.4) is 0 Å². The van der Waals surface area contributed by atoms with E-state index in [2.05, 4.69) is 0 Å². The van der Waals surface area contributed by atoms with Crippen LogP contribution in [0.5, 0.6) is 0 Å². The summed E-state index contributed by atoms with van der Waals surface area (Å²) in [4.78, 5) is 1.84. The highest BCUT2D eigenvalue weighted by atomic mass is 127. The Bertz CT molecular complexity index is 1430. The van der Waals surface area contributed by atoms with Gasteiger partial charge in [-0.2, -0.15) is 30.9 Å². The summed E-state index contributed by atoms with van der Waals surface area (Å²) < 4.78 is 81.6. The van der Waals surface area contributed by atoms with Gasteiger partial charge >= 0.3 is 12.4 Å². The van der Waals surface area contributed by atoms with Crippen LogP contribution in [0.15, 0.2) is 71.4 Å². The number of rotatable bonds is 3. The average Bonchev–Trinajstić information content (AvgIpc) is 3.12. The summed E-state index contributed by atoms with van der Waals surface area (Å²) >= 11 is 6.49. The Hall–Kier alpha value is -2.27. The van der Waals surface area contributed by atoms with Gasteiger partial charge in [0.05, 0.1) is 16.5 Å². The molecule has 0 saturated heterocycles. The van der Waals surface area contributed by atoms with Gasteiger partial charge in [0.1, 0.15) is 7.05 Å². The van der Waals surface area contributed by atoms with Crippen molar-refractivity contribution >= 4 is 28.7 Å². The molecule has 0 aromatic heterocycles. The highest BCUT2D eigenvalue weighted by molar-refractivity contribution is 6.31. The van der Waals surface area contributed by atoms with E-state index in [0.29, 0.717) is 27.5 Å². The molecule has 0 aliphatic carbocycles. The maximum absolute atomic E-state index is 13.3. The van der Waals surface area contributed by atoms with Crippen LogP contribution in [0.2, 0.25) is 0 Å². The maximum atomic E-state index is 13.3. The number of hydrogen-bond acceptors (Lipinski definition) is 1. The van der Waals surface area contributed by atoms with Crippen LogP contribution in [0, 0.1) is 0 Å². The molecule has 210 valence electrons. The van der Waals surface area contributed by atoms with E-state index in [4.69, 9.17) is 11.6 Å². The summed E-state index contributed by atoms with van der Waals surface area (Å²) in [6.07, 6.45) is -1.98. The van der Waals surface area contributed by atoms with E-state index >= 15 is 0 Å². The van der Waals surface area contributed by atoms with Crippen LogP contribution in [-0.2, 0) is 23.2 Å².